The average Bonchev–Trinajstić information content (AvgIpc) is 3.22. The molecule has 1 atom stereocenters. The zero-order valence-electron chi connectivity index (χ0n) is 18.7. The molecule has 0 saturated carbocycles. The molecule has 1 aliphatic rings. The largest absolute Gasteiger partial charge is 0.492 e. The molecule has 30 heavy (non-hydrogen) atoms. The Morgan fingerprint density at radius 1 is 1.23 bits per heavy atom. The van der Waals surface area contributed by atoms with Crippen molar-refractivity contribution in [3.8, 4) is 5.75 Å². The van der Waals surface area contributed by atoms with Crippen molar-refractivity contribution in [3.05, 3.63) is 29.8 Å². The zero-order chi connectivity index (χ0) is 20.7. The van der Waals surface area contributed by atoms with Gasteiger partial charge in [-0.25, -0.2) is 4.99 Å². The number of nitrogens with zero attached hydrogens (tertiary/aromatic N) is 2. The van der Waals surface area contributed by atoms with E-state index in [-0.39, 0.29) is 24.0 Å². The smallest absolute Gasteiger partial charge is 0.191 e. The molecule has 1 heterocycles. The summed E-state index contributed by atoms with van der Waals surface area (Å²) in [4.78, 5) is 6.83. The maximum atomic E-state index is 5.93. The third kappa shape index (κ3) is 11.3. The number of para-hydroxylation sites is 1. The van der Waals surface area contributed by atoms with Crippen LogP contribution >= 0.6 is 24.0 Å². The Morgan fingerprint density at radius 2 is 2.07 bits per heavy atom. The summed E-state index contributed by atoms with van der Waals surface area (Å²) < 4.78 is 17.1. The van der Waals surface area contributed by atoms with Crippen LogP contribution in [0.5, 0.6) is 5.75 Å². The Hall–Kier alpha value is -1.10. The van der Waals surface area contributed by atoms with Crippen molar-refractivity contribution in [1.29, 1.82) is 0 Å². The first-order valence-corrected chi connectivity index (χ1v) is 10.7. The number of nitrogens with one attached hydrogen (secondary N) is 2. The van der Waals surface area contributed by atoms with E-state index in [0.29, 0.717) is 19.1 Å². The number of hydrogen-bond acceptors (Lipinski definition) is 5. The fourth-order valence-corrected chi connectivity index (χ4v) is 2.97. The first-order valence-electron chi connectivity index (χ1n) is 10.7. The van der Waals surface area contributed by atoms with Crippen molar-refractivity contribution in [2.24, 2.45) is 10.9 Å². The number of likely N-dealkylation sites (N-methyl/N-ethyl adjacent to an activating group) is 1. The lowest BCUT2D eigenvalue weighted by atomic mass is 10.1. The lowest BCUT2D eigenvalue weighted by Crippen LogP contribution is -2.38. The topological polar surface area (TPSA) is 67.4 Å². The summed E-state index contributed by atoms with van der Waals surface area (Å²) >= 11 is 0. The first kappa shape index (κ1) is 26.9. The predicted molar refractivity (Wildman–Crippen MR) is 133 cm³/mol. The Bertz CT molecular complexity index is 596. The number of ether oxygens (including phenoxy) is 3. The third-order valence-corrected chi connectivity index (χ3v) is 4.66. The number of guanidine groups is 1. The van der Waals surface area contributed by atoms with Gasteiger partial charge >= 0.3 is 0 Å². The molecule has 8 heteroatoms. The molecule has 0 aliphatic carbocycles. The minimum absolute atomic E-state index is 0. The maximum absolute atomic E-state index is 5.93. The van der Waals surface area contributed by atoms with Crippen LogP contribution in [0.4, 0.5) is 0 Å². The third-order valence-electron chi connectivity index (χ3n) is 4.66. The highest BCUT2D eigenvalue weighted by atomic mass is 127. The van der Waals surface area contributed by atoms with Crippen LogP contribution in [0, 0.1) is 5.92 Å². The highest BCUT2D eigenvalue weighted by Crippen LogP contribution is 2.18. The van der Waals surface area contributed by atoms with Gasteiger partial charge in [0.05, 0.1) is 19.8 Å². The standard InChI is InChI=1S/C22H38N4O3.HI/c1-4-23-22(24-11-7-13-27-17-19-10-14-28-18-19)25-16-20-8-5-6-9-21(20)29-15-12-26(2)3;/h5-6,8-9,19H,4,7,10-18H2,1-3H3,(H2,23,24,25);1H. The van der Waals surface area contributed by atoms with Gasteiger partial charge in [-0.1, -0.05) is 18.2 Å². The van der Waals surface area contributed by atoms with Crippen molar-refractivity contribution in [2.75, 3.05) is 66.8 Å². The van der Waals surface area contributed by atoms with Crippen LogP contribution in [0.1, 0.15) is 25.3 Å². The summed E-state index contributed by atoms with van der Waals surface area (Å²) in [5, 5.41) is 6.68. The second-order valence-electron chi connectivity index (χ2n) is 7.54. The van der Waals surface area contributed by atoms with E-state index in [4.69, 9.17) is 19.2 Å². The minimum atomic E-state index is 0. The first-order chi connectivity index (χ1) is 14.2. The molecule has 0 bridgehead atoms. The minimum Gasteiger partial charge on any atom is -0.492 e. The zero-order valence-corrected chi connectivity index (χ0v) is 21.0. The summed E-state index contributed by atoms with van der Waals surface area (Å²) in [6.45, 7) is 9.13. The molecule has 1 aromatic carbocycles. The summed E-state index contributed by atoms with van der Waals surface area (Å²) in [7, 11) is 4.09. The van der Waals surface area contributed by atoms with E-state index in [2.05, 4.69) is 28.5 Å². The molecule has 0 spiro atoms. The normalized spacial score (nSPS) is 16.4. The van der Waals surface area contributed by atoms with Crippen molar-refractivity contribution in [2.45, 2.75) is 26.3 Å². The lowest BCUT2D eigenvalue weighted by molar-refractivity contribution is 0.0888. The lowest BCUT2D eigenvalue weighted by Gasteiger charge is -2.14. The SMILES string of the molecule is CCNC(=NCc1ccccc1OCCN(C)C)NCCCOCC1CCOC1.I. The molecule has 1 unspecified atom stereocenters. The average molecular weight is 534 g/mol. The van der Waals surface area contributed by atoms with Gasteiger partial charge in [-0.15, -0.1) is 24.0 Å². The fourth-order valence-electron chi connectivity index (χ4n) is 2.97. The van der Waals surface area contributed by atoms with Crippen LogP contribution in [-0.4, -0.2) is 77.6 Å². The number of aliphatic imine (C=N–C) groups is 1. The number of benzene rings is 1. The van der Waals surface area contributed by atoms with E-state index >= 15 is 0 Å². The van der Waals surface area contributed by atoms with Crippen LogP contribution in [0.2, 0.25) is 0 Å². The molecule has 2 rings (SSSR count). The number of halogens is 1. The number of rotatable bonds is 13. The summed E-state index contributed by atoms with van der Waals surface area (Å²) in [5.74, 6) is 2.29. The van der Waals surface area contributed by atoms with Gasteiger partial charge < -0.3 is 29.7 Å². The molecular formula is C22H39IN4O3. The molecule has 1 fully saturated rings. The number of hydrogen-bond donors (Lipinski definition) is 2. The van der Waals surface area contributed by atoms with Crippen LogP contribution in [0.15, 0.2) is 29.3 Å². The van der Waals surface area contributed by atoms with Gasteiger partial charge in [0.25, 0.3) is 0 Å². The highest BCUT2D eigenvalue weighted by Gasteiger charge is 2.15. The van der Waals surface area contributed by atoms with Gasteiger partial charge in [-0.05, 0) is 39.9 Å². The van der Waals surface area contributed by atoms with Crippen molar-refractivity contribution >= 4 is 29.9 Å². The monoisotopic (exact) mass is 534 g/mol. The highest BCUT2D eigenvalue weighted by molar-refractivity contribution is 14.0. The summed E-state index contributed by atoms with van der Waals surface area (Å²) in [6, 6.07) is 8.10. The van der Waals surface area contributed by atoms with Gasteiger partial charge in [0, 0.05) is 44.3 Å². The fraction of sp³-hybridized carbons (Fsp3) is 0.682. The predicted octanol–water partition coefficient (Wildman–Crippen LogP) is 2.74. The Morgan fingerprint density at radius 3 is 2.80 bits per heavy atom. The van der Waals surface area contributed by atoms with Crippen LogP contribution in [0.25, 0.3) is 0 Å². The molecule has 1 aromatic rings. The molecular weight excluding hydrogens is 495 g/mol. The molecule has 0 aromatic heterocycles. The van der Waals surface area contributed by atoms with Gasteiger partial charge in [-0.3, -0.25) is 0 Å². The van der Waals surface area contributed by atoms with E-state index in [1.165, 1.54) is 0 Å². The Kier molecular flexibility index (Phi) is 14.9. The Labute approximate surface area is 199 Å². The van der Waals surface area contributed by atoms with Crippen LogP contribution in [0.3, 0.4) is 0 Å². The van der Waals surface area contributed by atoms with Gasteiger partial charge in [0.15, 0.2) is 5.96 Å². The molecule has 1 aliphatic heterocycles. The van der Waals surface area contributed by atoms with Gasteiger partial charge in [-0.2, -0.15) is 0 Å². The maximum Gasteiger partial charge on any atom is 0.191 e. The molecule has 1 saturated heterocycles. The van der Waals surface area contributed by atoms with Crippen LogP contribution < -0.4 is 15.4 Å². The Balaban J connectivity index is 0.00000450. The van der Waals surface area contributed by atoms with Crippen molar-refractivity contribution in [3.63, 3.8) is 0 Å². The summed E-state index contributed by atoms with van der Waals surface area (Å²) in [5.41, 5.74) is 1.09. The summed E-state index contributed by atoms with van der Waals surface area (Å²) in [6.07, 6.45) is 2.07. The van der Waals surface area contributed by atoms with Crippen molar-refractivity contribution < 1.29 is 14.2 Å². The quantitative estimate of drug-likeness (QED) is 0.176. The second kappa shape index (κ2) is 16.6. The van der Waals surface area contributed by atoms with E-state index < -0.39 is 0 Å². The molecule has 2 N–H and O–H groups in total. The van der Waals surface area contributed by atoms with E-state index in [1.807, 2.05) is 32.3 Å². The van der Waals surface area contributed by atoms with Crippen molar-refractivity contribution in [1.82, 2.24) is 15.5 Å². The van der Waals surface area contributed by atoms with Gasteiger partial charge in [0.1, 0.15) is 12.4 Å². The van der Waals surface area contributed by atoms with E-state index in [1.54, 1.807) is 0 Å². The molecule has 0 radical (unpaired) electrons. The molecule has 0 amide bonds. The van der Waals surface area contributed by atoms with E-state index in [9.17, 15) is 0 Å². The molecule has 7 nitrogen and oxygen atoms in total. The van der Waals surface area contributed by atoms with Gasteiger partial charge in [0.2, 0.25) is 0 Å². The van der Waals surface area contributed by atoms with Crippen LogP contribution in [-0.2, 0) is 16.0 Å². The van der Waals surface area contributed by atoms with E-state index in [0.717, 1.165) is 76.2 Å². The molecule has 172 valence electrons. The second-order valence-corrected chi connectivity index (χ2v) is 7.54.